The van der Waals surface area contributed by atoms with Crippen LogP contribution in [0.25, 0.3) is 11.0 Å². The van der Waals surface area contributed by atoms with Gasteiger partial charge >= 0.3 is 11.9 Å². The Hall–Kier alpha value is -2.63. The highest BCUT2D eigenvalue weighted by molar-refractivity contribution is 6.36. The largest absolute Gasteiger partial charge is 0.474 e. The number of carbonyl (C=O) groups excluding carboxylic acids is 1. The van der Waals surface area contributed by atoms with Crippen LogP contribution >= 0.6 is 0 Å². The molecule has 98 valence electrons. The molecule has 6 heteroatoms. The summed E-state index contributed by atoms with van der Waals surface area (Å²) in [6.07, 6.45) is 0. The van der Waals surface area contributed by atoms with Gasteiger partial charge in [-0.2, -0.15) is 0 Å². The van der Waals surface area contributed by atoms with E-state index < -0.39 is 11.9 Å². The number of nitrogens with one attached hydrogen (secondary N) is 1. The first-order valence-corrected chi connectivity index (χ1v) is 5.48. The minimum Gasteiger partial charge on any atom is -0.474 e. The third kappa shape index (κ3) is 2.33. The maximum absolute atomic E-state index is 11.9. The summed E-state index contributed by atoms with van der Waals surface area (Å²) in [4.78, 5) is 33.4. The molecule has 0 saturated carbocycles. The fourth-order valence-electron chi connectivity index (χ4n) is 1.66. The first-order valence-electron chi connectivity index (χ1n) is 5.48. The zero-order chi connectivity index (χ0) is 14.2. The molecule has 0 fully saturated rings. The van der Waals surface area contributed by atoms with Crippen LogP contribution in [-0.2, 0) is 9.59 Å². The average Bonchev–Trinajstić information content (AvgIpc) is 2.35. The van der Waals surface area contributed by atoms with Gasteiger partial charge in [0.2, 0.25) is 0 Å². The van der Waals surface area contributed by atoms with Crippen LogP contribution in [0.1, 0.15) is 11.3 Å². The van der Waals surface area contributed by atoms with Crippen molar-refractivity contribution in [3.05, 3.63) is 39.7 Å². The molecule has 2 aromatic rings. The number of rotatable bonds is 1. The van der Waals surface area contributed by atoms with Crippen LogP contribution in [0.15, 0.2) is 27.4 Å². The van der Waals surface area contributed by atoms with Gasteiger partial charge in [-0.15, -0.1) is 0 Å². The smallest absolute Gasteiger partial charge is 0.394 e. The number of hydrogen-bond donors (Lipinski definition) is 2. The van der Waals surface area contributed by atoms with E-state index >= 15 is 0 Å². The van der Waals surface area contributed by atoms with E-state index in [-0.39, 0.29) is 11.1 Å². The van der Waals surface area contributed by atoms with E-state index in [9.17, 15) is 14.4 Å². The molecule has 1 aromatic carbocycles. The number of hydrogen-bond acceptors (Lipinski definition) is 4. The number of aryl methyl sites for hydroxylation is 1. The fourth-order valence-corrected chi connectivity index (χ4v) is 1.66. The molecule has 19 heavy (non-hydrogen) atoms. The number of aliphatic carboxylic acids is 1. The molecule has 0 aliphatic heterocycles. The van der Waals surface area contributed by atoms with Gasteiger partial charge in [-0.3, -0.25) is 9.59 Å². The van der Waals surface area contributed by atoms with Crippen LogP contribution in [0.4, 0.5) is 5.69 Å². The number of anilines is 1. The van der Waals surface area contributed by atoms with E-state index in [4.69, 9.17) is 9.52 Å². The number of benzene rings is 1. The van der Waals surface area contributed by atoms with Gasteiger partial charge in [-0.1, -0.05) is 0 Å². The Bertz CT molecular complexity index is 745. The van der Waals surface area contributed by atoms with E-state index in [2.05, 4.69) is 5.32 Å². The molecule has 2 N–H and O–H groups in total. The van der Waals surface area contributed by atoms with Crippen LogP contribution in [0.2, 0.25) is 0 Å². The molecule has 2 rings (SSSR count). The van der Waals surface area contributed by atoms with Crippen molar-refractivity contribution < 1.29 is 19.1 Å². The Morgan fingerprint density at radius 3 is 2.58 bits per heavy atom. The first-order chi connectivity index (χ1) is 8.90. The maximum atomic E-state index is 11.9. The highest BCUT2D eigenvalue weighted by Crippen LogP contribution is 2.19. The number of carbonyl (C=O) groups is 2. The monoisotopic (exact) mass is 261 g/mol. The molecule has 0 aliphatic carbocycles. The quantitative estimate of drug-likeness (QED) is 0.757. The van der Waals surface area contributed by atoms with Crippen molar-refractivity contribution in [3.8, 4) is 0 Å². The number of carboxylic acid groups (broad SMARTS) is 1. The molecule has 0 saturated heterocycles. The third-order valence-corrected chi connectivity index (χ3v) is 2.81. The zero-order valence-corrected chi connectivity index (χ0v) is 10.3. The Kier molecular flexibility index (Phi) is 3.08. The van der Waals surface area contributed by atoms with Crippen molar-refractivity contribution in [2.75, 3.05) is 5.32 Å². The Balaban J connectivity index is 2.53. The minimum absolute atomic E-state index is 0.144. The van der Waals surface area contributed by atoms with E-state index in [1.54, 1.807) is 13.8 Å². The lowest BCUT2D eigenvalue weighted by Gasteiger charge is -2.05. The van der Waals surface area contributed by atoms with Crippen LogP contribution in [0, 0.1) is 13.8 Å². The Labute approximate surface area is 107 Å². The second-order valence-corrected chi connectivity index (χ2v) is 4.08. The van der Waals surface area contributed by atoms with E-state index in [0.29, 0.717) is 22.3 Å². The van der Waals surface area contributed by atoms with Crippen molar-refractivity contribution in [3.63, 3.8) is 0 Å². The summed E-state index contributed by atoms with van der Waals surface area (Å²) in [5, 5.41) is 11.1. The molecule has 6 nitrogen and oxygen atoms in total. The first kappa shape index (κ1) is 12.8. The van der Waals surface area contributed by atoms with Gasteiger partial charge in [0.1, 0.15) is 11.3 Å². The van der Waals surface area contributed by atoms with Crippen molar-refractivity contribution in [2.24, 2.45) is 0 Å². The second kappa shape index (κ2) is 4.56. The Morgan fingerprint density at radius 2 is 1.95 bits per heavy atom. The predicted molar refractivity (Wildman–Crippen MR) is 68.2 cm³/mol. The van der Waals surface area contributed by atoms with Crippen LogP contribution < -0.4 is 10.7 Å². The van der Waals surface area contributed by atoms with Crippen LogP contribution in [0.5, 0.6) is 0 Å². The molecule has 0 unspecified atom stereocenters. The van der Waals surface area contributed by atoms with Gasteiger partial charge < -0.3 is 14.8 Å². The summed E-state index contributed by atoms with van der Waals surface area (Å²) >= 11 is 0. The van der Waals surface area contributed by atoms with Crippen molar-refractivity contribution in [1.82, 2.24) is 0 Å². The van der Waals surface area contributed by atoms with Gasteiger partial charge in [0.05, 0.1) is 5.39 Å². The van der Waals surface area contributed by atoms with E-state index in [1.165, 1.54) is 18.2 Å². The fraction of sp³-hybridized carbons (Fsp3) is 0.154. The lowest BCUT2D eigenvalue weighted by atomic mass is 10.1. The standard InChI is InChI=1S/C13H11NO5/c1-6-7(2)19-10-5-8(14-12(16)13(17)18)3-4-9(10)11(6)15/h3-5H,1-2H3,(H,14,16)(H,17,18). The van der Waals surface area contributed by atoms with Gasteiger partial charge in [-0.25, -0.2) is 4.79 Å². The molecule has 1 heterocycles. The lowest BCUT2D eigenvalue weighted by Crippen LogP contribution is -2.21. The van der Waals surface area contributed by atoms with Gasteiger partial charge in [0.15, 0.2) is 5.43 Å². The molecule has 0 aliphatic rings. The predicted octanol–water partition coefficient (Wildman–Crippen LogP) is 1.43. The number of amides is 1. The minimum atomic E-state index is -1.58. The summed E-state index contributed by atoms with van der Waals surface area (Å²) in [6, 6.07) is 4.37. The summed E-state index contributed by atoms with van der Waals surface area (Å²) in [5.41, 5.74) is 0.937. The highest BCUT2D eigenvalue weighted by atomic mass is 16.4. The van der Waals surface area contributed by atoms with Crippen molar-refractivity contribution >= 4 is 28.5 Å². The van der Waals surface area contributed by atoms with Crippen LogP contribution in [-0.4, -0.2) is 17.0 Å². The molecule has 0 atom stereocenters. The molecule has 1 amide bonds. The third-order valence-electron chi connectivity index (χ3n) is 2.81. The highest BCUT2D eigenvalue weighted by Gasteiger charge is 2.13. The van der Waals surface area contributed by atoms with Gasteiger partial charge in [0, 0.05) is 17.3 Å². The molecule has 0 spiro atoms. The summed E-state index contributed by atoms with van der Waals surface area (Å²) in [5.74, 6) is -2.24. The molecule has 0 bridgehead atoms. The van der Waals surface area contributed by atoms with Gasteiger partial charge in [-0.05, 0) is 26.0 Å². The normalized spacial score (nSPS) is 10.4. The Morgan fingerprint density at radius 1 is 1.26 bits per heavy atom. The van der Waals surface area contributed by atoms with E-state index in [0.717, 1.165) is 0 Å². The zero-order valence-electron chi connectivity index (χ0n) is 10.3. The summed E-state index contributed by atoms with van der Waals surface area (Å²) in [7, 11) is 0. The van der Waals surface area contributed by atoms with Gasteiger partial charge in [0.25, 0.3) is 0 Å². The van der Waals surface area contributed by atoms with Crippen molar-refractivity contribution in [2.45, 2.75) is 13.8 Å². The maximum Gasteiger partial charge on any atom is 0.394 e. The second-order valence-electron chi connectivity index (χ2n) is 4.08. The topological polar surface area (TPSA) is 96.6 Å². The molecule has 1 aromatic heterocycles. The molecular formula is C13H11NO5. The number of fused-ring (bicyclic) bond motifs is 1. The summed E-state index contributed by atoms with van der Waals surface area (Å²) < 4.78 is 5.46. The van der Waals surface area contributed by atoms with E-state index in [1.807, 2.05) is 0 Å². The average molecular weight is 261 g/mol. The SMILES string of the molecule is Cc1oc2cc(NC(=O)C(=O)O)ccc2c(=O)c1C. The van der Waals surface area contributed by atoms with Crippen LogP contribution in [0.3, 0.4) is 0 Å². The number of carboxylic acids is 1. The molecule has 0 radical (unpaired) electrons. The van der Waals surface area contributed by atoms with Crippen molar-refractivity contribution in [1.29, 1.82) is 0 Å². The summed E-state index contributed by atoms with van der Waals surface area (Å²) in [6.45, 7) is 3.33. The molecular weight excluding hydrogens is 250 g/mol. The lowest BCUT2D eigenvalue weighted by molar-refractivity contribution is -0.147.